The van der Waals surface area contributed by atoms with Crippen LogP contribution in [-0.2, 0) is 12.6 Å². The van der Waals surface area contributed by atoms with Crippen molar-refractivity contribution in [3.05, 3.63) is 10.3 Å². The predicted molar refractivity (Wildman–Crippen MR) is 74.0 cm³/mol. The van der Waals surface area contributed by atoms with Crippen molar-refractivity contribution in [1.29, 1.82) is 0 Å². The summed E-state index contributed by atoms with van der Waals surface area (Å²) >= 11 is 3.43. The lowest BCUT2D eigenvalue weighted by molar-refractivity contribution is -0.102. The van der Waals surface area contributed by atoms with E-state index in [1.54, 1.807) is 4.68 Å². The van der Waals surface area contributed by atoms with E-state index < -0.39 is 5.60 Å². The summed E-state index contributed by atoms with van der Waals surface area (Å²) in [5.74, 6) is 0.229. The zero-order chi connectivity index (χ0) is 13.6. The Morgan fingerprint density at radius 1 is 1.39 bits per heavy atom. The van der Waals surface area contributed by atoms with Crippen molar-refractivity contribution in [1.82, 2.24) is 15.0 Å². The van der Waals surface area contributed by atoms with E-state index in [1.807, 2.05) is 7.05 Å². The summed E-state index contributed by atoms with van der Waals surface area (Å²) in [6.07, 6.45) is 4.08. The van der Waals surface area contributed by atoms with E-state index in [1.165, 1.54) is 6.42 Å². The summed E-state index contributed by atoms with van der Waals surface area (Å²) in [5.41, 5.74) is 0.0639. The van der Waals surface area contributed by atoms with Crippen LogP contribution in [0.3, 0.4) is 0 Å². The molecule has 0 spiro atoms. The maximum Gasteiger partial charge on any atom is 0.154 e. The van der Waals surface area contributed by atoms with Crippen LogP contribution < -0.4 is 0 Å². The molecule has 1 aromatic heterocycles. The van der Waals surface area contributed by atoms with Gasteiger partial charge in [0.25, 0.3) is 0 Å². The molecular formula is C13H22BrN3O. The second kappa shape index (κ2) is 4.60. The lowest BCUT2D eigenvalue weighted by atomic mass is 9.63. The topological polar surface area (TPSA) is 50.9 Å². The zero-order valence-corrected chi connectivity index (χ0v) is 13.2. The van der Waals surface area contributed by atoms with Crippen molar-refractivity contribution >= 4 is 15.9 Å². The van der Waals surface area contributed by atoms with Gasteiger partial charge in [-0.15, -0.1) is 5.10 Å². The van der Waals surface area contributed by atoms with Gasteiger partial charge in [0, 0.05) is 7.05 Å². The highest BCUT2D eigenvalue weighted by molar-refractivity contribution is 9.10. The largest absolute Gasteiger partial charge is 0.383 e. The molecule has 1 N–H and O–H groups in total. The predicted octanol–water partition coefficient (Wildman–Crippen LogP) is 3.00. The van der Waals surface area contributed by atoms with Crippen LogP contribution in [0.5, 0.6) is 0 Å². The first-order valence-corrected chi connectivity index (χ1v) is 7.34. The molecule has 102 valence electrons. The number of aromatic nitrogens is 3. The molecule has 18 heavy (non-hydrogen) atoms. The zero-order valence-electron chi connectivity index (χ0n) is 11.6. The summed E-state index contributed by atoms with van der Waals surface area (Å²) < 4.78 is 2.37. The minimum atomic E-state index is -0.826. The van der Waals surface area contributed by atoms with Crippen LogP contribution in [-0.4, -0.2) is 20.1 Å². The van der Waals surface area contributed by atoms with Gasteiger partial charge >= 0.3 is 0 Å². The van der Waals surface area contributed by atoms with Gasteiger partial charge in [0.05, 0.1) is 0 Å². The third kappa shape index (κ3) is 2.23. The second-order valence-electron chi connectivity index (χ2n) is 6.44. The Labute approximate surface area is 117 Å². The Morgan fingerprint density at radius 3 is 2.56 bits per heavy atom. The van der Waals surface area contributed by atoms with Crippen molar-refractivity contribution < 1.29 is 5.11 Å². The van der Waals surface area contributed by atoms with Gasteiger partial charge < -0.3 is 5.11 Å². The third-order valence-corrected chi connectivity index (χ3v) is 4.65. The van der Waals surface area contributed by atoms with Gasteiger partial charge in [-0.05, 0) is 40.1 Å². The first kappa shape index (κ1) is 14.0. The van der Waals surface area contributed by atoms with Gasteiger partial charge in [-0.2, -0.15) is 0 Å². The summed E-state index contributed by atoms with van der Waals surface area (Å²) in [6.45, 7) is 6.60. The SMILES string of the molecule is Cn1nnc(Br)c1C1(O)CCCCC1C(C)(C)C. The fourth-order valence-electron chi connectivity index (χ4n) is 3.38. The van der Waals surface area contributed by atoms with E-state index in [9.17, 15) is 5.11 Å². The normalized spacial score (nSPS) is 29.6. The minimum Gasteiger partial charge on any atom is -0.383 e. The van der Waals surface area contributed by atoms with Crippen LogP contribution in [0.4, 0.5) is 0 Å². The van der Waals surface area contributed by atoms with Crippen molar-refractivity contribution in [3.63, 3.8) is 0 Å². The lowest BCUT2D eigenvalue weighted by Crippen LogP contribution is -2.46. The first-order valence-electron chi connectivity index (χ1n) is 6.55. The lowest BCUT2D eigenvalue weighted by Gasteiger charge is -2.46. The maximum atomic E-state index is 11.3. The molecule has 2 rings (SSSR count). The van der Waals surface area contributed by atoms with Gasteiger partial charge in [-0.1, -0.05) is 38.8 Å². The summed E-state index contributed by atoms with van der Waals surface area (Å²) in [6, 6.07) is 0. The van der Waals surface area contributed by atoms with Crippen molar-refractivity contribution in [3.8, 4) is 0 Å². The average molecular weight is 316 g/mol. The molecule has 0 radical (unpaired) electrons. The molecule has 0 bridgehead atoms. The molecule has 0 aromatic carbocycles. The molecule has 2 atom stereocenters. The number of nitrogens with zero attached hydrogens (tertiary/aromatic N) is 3. The summed E-state index contributed by atoms with van der Waals surface area (Å²) in [5, 5.41) is 19.3. The average Bonchev–Trinajstić information content (AvgIpc) is 2.57. The van der Waals surface area contributed by atoms with Gasteiger partial charge in [0.2, 0.25) is 0 Å². The molecule has 0 saturated heterocycles. The van der Waals surface area contributed by atoms with Crippen LogP contribution in [0.25, 0.3) is 0 Å². The van der Waals surface area contributed by atoms with Gasteiger partial charge in [-0.25, -0.2) is 4.68 Å². The Balaban J connectivity index is 2.49. The summed E-state index contributed by atoms with van der Waals surface area (Å²) in [4.78, 5) is 0. The molecule has 1 aliphatic rings. The molecule has 0 amide bonds. The van der Waals surface area contributed by atoms with Gasteiger partial charge in [0.1, 0.15) is 11.3 Å². The molecule has 4 nitrogen and oxygen atoms in total. The van der Waals surface area contributed by atoms with Crippen molar-refractivity contribution in [2.75, 3.05) is 0 Å². The molecular weight excluding hydrogens is 294 g/mol. The van der Waals surface area contributed by atoms with Crippen LogP contribution in [0.15, 0.2) is 4.60 Å². The van der Waals surface area contributed by atoms with Crippen LogP contribution in [0.2, 0.25) is 0 Å². The fraction of sp³-hybridized carbons (Fsp3) is 0.846. The number of aryl methyl sites for hydroxylation is 1. The molecule has 1 heterocycles. The highest BCUT2D eigenvalue weighted by atomic mass is 79.9. The van der Waals surface area contributed by atoms with E-state index >= 15 is 0 Å². The Hall–Kier alpha value is -0.420. The maximum absolute atomic E-state index is 11.3. The van der Waals surface area contributed by atoms with E-state index in [4.69, 9.17) is 0 Å². The molecule has 2 unspecified atom stereocenters. The number of rotatable bonds is 1. The standard InChI is InChI=1S/C13H22BrN3O/c1-12(2,3)9-7-5-6-8-13(9,18)10-11(14)15-16-17(10)4/h9,18H,5-8H2,1-4H3. The number of aliphatic hydroxyl groups is 1. The molecule has 0 aliphatic heterocycles. The van der Waals surface area contributed by atoms with Crippen molar-refractivity contribution in [2.24, 2.45) is 18.4 Å². The van der Waals surface area contributed by atoms with E-state index in [-0.39, 0.29) is 11.3 Å². The highest BCUT2D eigenvalue weighted by Gasteiger charge is 2.48. The van der Waals surface area contributed by atoms with E-state index in [0.29, 0.717) is 4.60 Å². The number of hydrogen-bond acceptors (Lipinski definition) is 3. The van der Waals surface area contributed by atoms with Crippen LogP contribution >= 0.6 is 15.9 Å². The molecule has 1 aliphatic carbocycles. The Bertz CT molecular complexity index is 418. The molecule has 1 fully saturated rings. The first-order chi connectivity index (χ1) is 8.27. The number of halogens is 1. The quantitative estimate of drug-likeness (QED) is 0.866. The minimum absolute atomic E-state index is 0.0683. The van der Waals surface area contributed by atoms with Crippen LogP contribution in [0.1, 0.15) is 52.1 Å². The number of hydrogen-bond donors (Lipinski definition) is 1. The highest BCUT2D eigenvalue weighted by Crippen LogP contribution is 2.50. The van der Waals surface area contributed by atoms with E-state index in [2.05, 4.69) is 47.0 Å². The van der Waals surface area contributed by atoms with Crippen molar-refractivity contribution in [2.45, 2.75) is 52.1 Å². The molecule has 1 aromatic rings. The monoisotopic (exact) mass is 315 g/mol. The van der Waals surface area contributed by atoms with Crippen LogP contribution in [0, 0.1) is 11.3 Å². The Morgan fingerprint density at radius 2 is 2.06 bits per heavy atom. The molecule has 5 heteroatoms. The summed E-state index contributed by atoms with van der Waals surface area (Å²) in [7, 11) is 1.85. The third-order valence-electron chi connectivity index (χ3n) is 4.12. The molecule has 1 saturated carbocycles. The smallest absolute Gasteiger partial charge is 0.154 e. The second-order valence-corrected chi connectivity index (χ2v) is 7.19. The Kier molecular flexibility index (Phi) is 3.58. The fourth-order valence-corrected chi connectivity index (χ4v) is 4.05. The van der Waals surface area contributed by atoms with E-state index in [0.717, 1.165) is 25.0 Å². The van der Waals surface area contributed by atoms with Gasteiger partial charge in [0.15, 0.2) is 4.60 Å². The van der Waals surface area contributed by atoms with Gasteiger partial charge in [-0.3, -0.25) is 0 Å².